The van der Waals surface area contributed by atoms with E-state index in [-0.39, 0.29) is 11.6 Å². The number of halogens is 3. The molecule has 0 saturated carbocycles. The number of ether oxygens (including phenoxy) is 2. The van der Waals surface area contributed by atoms with E-state index in [1.165, 1.54) is 31.2 Å². The summed E-state index contributed by atoms with van der Waals surface area (Å²) in [4.78, 5) is 22.5. The molecule has 3 aromatic rings. The molecule has 0 fully saturated rings. The Morgan fingerprint density at radius 1 is 1.11 bits per heavy atom. The Balaban J connectivity index is 1.76. The molecule has 28 heavy (non-hydrogen) atoms. The van der Waals surface area contributed by atoms with Crippen molar-refractivity contribution in [2.75, 3.05) is 11.9 Å². The summed E-state index contributed by atoms with van der Waals surface area (Å²) in [5, 5.41) is 9.92. The molecule has 1 amide bonds. The van der Waals surface area contributed by atoms with Crippen molar-refractivity contribution in [2.45, 2.75) is 13.3 Å². The summed E-state index contributed by atoms with van der Waals surface area (Å²) in [6.07, 6.45) is -4.74. The number of carbonyl (C=O) groups excluding carboxylic acids is 2. The van der Waals surface area contributed by atoms with Crippen LogP contribution in [-0.4, -0.2) is 35.0 Å². The standard InChI is InChI=1S/C18H14F3N3O4/c1-10(25)27-9-16(26)22-17-14-7-4-12(8-15(14)23-24-17)11-2-5-13(6-3-11)28-18(19,20)21/h2-8H,9H2,1H3,(H2,22,23,24,26). The van der Waals surface area contributed by atoms with Gasteiger partial charge in [0.2, 0.25) is 0 Å². The van der Waals surface area contributed by atoms with Crippen LogP contribution in [-0.2, 0) is 14.3 Å². The number of anilines is 1. The Kier molecular flexibility index (Phi) is 5.21. The molecule has 0 saturated heterocycles. The fraction of sp³-hybridized carbons (Fsp3) is 0.167. The van der Waals surface area contributed by atoms with Crippen LogP contribution >= 0.6 is 0 Å². The molecule has 2 N–H and O–H groups in total. The fourth-order valence-corrected chi connectivity index (χ4v) is 2.48. The van der Waals surface area contributed by atoms with Gasteiger partial charge < -0.3 is 14.8 Å². The summed E-state index contributed by atoms with van der Waals surface area (Å²) in [6.45, 7) is 0.772. The smallest absolute Gasteiger partial charge is 0.456 e. The maximum absolute atomic E-state index is 12.2. The van der Waals surface area contributed by atoms with Gasteiger partial charge in [-0.1, -0.05) is 18.2 Å². The molecule has 1 aromatic heterocycles. The van der Waals surface area contributed by atoms with Crippen LogP contribution in [0.1, 0.15) is 6.92 Å². The van der Waals surface area contributed by atoms with Gasteiger partial charge in [0.25, 0.3) is 5.91 Å². The SMILES string of the molecule is CC(=O)OCC(=O)Nc1n[nH]c2cc(-c3ccc(OC(F)(F)F)cc3)ccc12. The third-order valence-corrected chi connectivity index (χ3v) is 3.65. The Morgan fingerprint density at radius 3 is 2.43 bits per heavy atom. The lowest BCUT2D eigenvalue weighted by atomic mass is 10.0. The molecular formula is C18H14F3N3O4. The number of benzene rings is 2. The lowest BCUT2D eigenvalue weighted by molar-refractivity contribution is -0.274. The molecule has 1 heterocycles. The van der Waals surface area contributed by atoms with Crippen molar-refractivity contribution in [3.8, 4) is 16.9 Å². The zero-order valence-corrected chi connectivity index (χ0v) is 14.5. The van der Waals surface area contributed by atoms with Gasteiger partial charge >= 0.3 is 12.3 Å². The molecule has 2 aromatic carbocycles. The minimum atomic E-state index is -4.74. The molecular weight excluding hydrogens is 379 g/mol. The topological polar surface area (TPSA) is 93.3 Å². The number of amides is 1. The van der Waals surface area contributed by atoms with Crippen LogP contribution in [0, 0.1) is 0 Å². The zero-order valence-electron chi connectivity index (χ0n) is 14.5. The van der Waals surface area contributed by atoms with E-state index >= 15 is 0 Å². The minimum Gasteiger partial charge on any atom is -0.456 e. The highest BCUT2D eigenvalue weighted by Crippen LogP contribution is 2.29. The summed E-state index contributed by atoms with van der Waals surface area (Å²) in [5.41, 5.74) is 2.01. The molecule has 0 unspecified atom stereocenters. The number of aromatic nitrogens is 2. The molecule has 0 radical (unpaired) electrons. The predicted octanol–water partition coefficient (Wildman–Crippen LogP) is 3.63. The first kappa shape index (κ1) is 19.2. The number of hydrogen-bond acceptors (Lipinski definition) is 5. The number of nitrogens with zero attached hydrogens (tertiary/aromatic N) is 1. The summed E-state index contributed by atoms with van der Waals surface area (Å²) >= 11 is 0. The molecule has 0 bridgehead atoms. The molecule has 10 heteroatoms. The summed E-state index contributed by atoms with van der Waals surface area (Å²) in [7, 11) is 0. The zero-order chi connectivity index (χ0) is 20.3. The van der Waals surface area contributed by atoms with E-state index in [9.17, 15) is 22.8 Å². The van der Waals surface area contributed by atoms with Gasteiger partial charge in [-0.05, 0) is 35.4 Å². The van der Waals surface area contributed by atoms with E-state index in [0.29, 0.717) is 16.5 Å². The van der Waals surface area contributed by atoms with Crippen molar-refractivity contribution < 1.29 is 32.2 Å². The number of alkyl halides is 3. The molecule has 0 aliphatic carbocycles. The van der Waals surface area contributed by atoms with E-state index in [1.54, 1.807) is 18.2 Å². The maximum atomic E-state index is 12.2. The second-order valence-corrected chi connectivity index (χ2v) is 5.73. The lowest BCUT2D eigenvalue weighted by Gasteiger charge is -2.09. The van der Waals surface area contributed by atoms with Gasteiger partial charge in [-0.25, -0.2) is 0 Å². The van der Waals surface area contributed by atoms with Crippen molar-refractivity contribution in [3.05, 3.63) is 42.5 Å². The van der Waals surface area contributed by atoms with E-state index in [1.807, 2.05) is 0 Å². The molecule has 146 valence electrons. The van der Waals surface area contributed by atoms with E-state index in [2.05, 4.69) is 25.0 Å². The summed E-state index contributed by atoms with van der Waals surface area (Å²) in [5.74, 6) is -1.14. The molecule has 0 aliphatic rings. The largest absolute Gasteiger partial charge is 0.573 e. The highest BCUT2D eigenvalue weighted by atomic mass is 19.4. The highest BCUT2D eigenvalue weighted by Gasteiger charge is 2.30. The number of esters is 1. The normalized spacial score (nSPS) is 11.3. The molecule has 3 rings (SSSR count). The fourth-order valence-electron chi connectivity index (χ4n) is 2.48. The molecule has 0 atom stereocenters. The minimum absolute atomic E-state index is 0.271. The van der Waals surface area contributed by atoms with Crippen molar-refractivity contribution in [2.24, 2.45) is 0 Å². The summed E-state index contributed by atoms with van der Waals surface area (Å²) in [6, 6.07) is 10.6. The van der Waals surface area contributed by atoms with Crippen molar-refractivity contribution in [1.29, 1.82) is 0 Å². The van der Waals surface area contributed by atoms with Crippen molar-refractivity contribution in [1.82, 2.24) is 10.2 Å². The number of fused-ring (bicyclic) bond motifs is 1. The first-order valence-corrected chi connectivity index (χ1v) is 7.99. The van der Waals surface area contributed by atoms with Gasteiger partial charge in [-0.3, -0.25) is 14.7 Å². The molecule has 7 nitrogen and oxygen atoms in total. The van der Waals surface area contributed by atoms with E-state index < -0.39 is 24.8 Å². The van der Waals surface area contributed by atoms with Gasteiger partial charge in [-0.2, -0.15) is 5.10 Å². The van der Waals surface area contributed by atoms with Crippen LogP contribution in [0.25, 0.3) is 22.0 Å². The number of carbonyl (C=O) groups is 2. The number of H-pyrrole nitrogens is 1. The number of nitrogens with one attached hydrogen (secondary N) is 2. The number of hydrogen-bond donors (Lipinski definition) is 2. The maximum Gasteiger partial charge on any atom is 0.573 e. The number of aromatic amines is 1. The predicted molar refractivity (Wildman–Crippen MR) is 93.5 cm³/mol. The third kappa shape index (κ3) is 4.78. The third-order valence-electron chi connectivity index (χ3n) is 3.65. The average Bonchev–Trinajstić information content (AvgIpc) is 3.01. The first-order valence-electron chi connectivity index (χ1n) is 7.99. The Hall–Kier alpha value is -3.56. The van der Waals surface area contributed by atoms with E-state index in [0.717, 1.165) is 5.56 Å². The second kappa shape index (κ2) is 7.59. The van der Waals surface area contributed by atoms with Crippen LogP contribution < -0.4 is 10.1 Å². The Morgan fingerprint density at radius 2 is 1.79 bits per heavy atom. The average molecular weight is 393 g/mol. The first-order chi connectivity index (χ1) is 13.2. The molecule has 0 spiro atoms. The lowest BCUT2D eigenvalue weighted by Crippen LogP contribution is -2.20. The molecule has 0 aliphatic heterocycles. The van der Waals surface area contributed by atoms with Crippen LogP contribution in [0.2, 0.25) is 0 Å². The van der Waals surface area contributed by atoms with Gasteiger partial charge in [0, 0.05) is 12.3 Å². The van der Waals surface area contributed by atoms with Gasteiger partial charge in [0.05, 0.1) is 5.52 Å². The van der Waals surface area contributed by atoms with Crippen LogP contribution in [0.4, 0.5) is 19.0 Å². The highest BCUT2D eigenvalue weighted by molar-refractivity contribution is 6.01. The Labute approximate surface area is 156 Å². The van der Waals surface area contributed by atoms with Crippen molar-refractivity contribution >= 4 is 28.6 Å². The van der Waals surface area contributed by atoms with E-state index in [4.69, 9.17) is 0 Å². The quantitative estimate of drug-likeness (QED) is 0.646. The monoisotopic (exact) mass is 393 g/mol. The summed E-state index contributed by atoms with van der Waals surface area (Å²) < 4.78 is 45.2. The van der Waals surface area contributed by atoms with Crippen LogP contribution in [0.3, 0.4) is 0 Å². The van der Waals surface area contributed by atoms with Gasteiger partial charge in [-0.15, -0.1) is 13.2 Å². The second-order valence-electron chi connectivity index (χ2n) is 5.73. The van der Waals surface area contributed by atoms with Gasteiger partial charge in [0.15, 0.2) is 12.4 Å². The Bertz CT molecular complexity index is 1010. The van der Waals surface area contributed by atoms with Crippen LogP contribution in [0.15, 0.2) is 42.5 Å². The van der Waals surface area contributed by atoms with Gasteiger partial charge in [0.1, 0.15) is 5.75 Å². The number of rotatable bonds is 5. The van der Waals surface area contributed by atoms with Crippen molar-refractivity contribution in [3.63, 3.8) is 0 Å². The van der Waals surface area contributed by atoms with Crippen LogP contribution in [0.5, 0.6) is 5.75 Å².